The molecule has 1 aliphatic rings. The largest absolute Gasteiger partial charge is 0.340 e. The Morgan fingerprint density at radius 2 is 1.81 bits per heavy atom. The Labute approximate surface area is 126 Å². The van der Waals surface area contributed by atoms with E-state index < -0.39 is 0 Å². The van der Waals surface area contributed by atoms with Crippen LogP contribution in [0.3, 0.4) is 0 Å². The number of nitrogens with one attached hydrogen (secondary N) is 1. The first-order valence-corrected chi connectivity index (χ1v) is 7.76. The summed E-state index contributed by atoms with van der Waals surface area (Å²) in [5.41, 5.74) is 1.76. The van der Waals surface area contributed by atoms with Crippen molar-refractivity contribution in [2.24, 2.45) is 0 Å². The predicted octanol–water partition coefficient (Wildman–Crippen LogP) is 2.98. The molecule has 1 saturated carbocycles. The molecule has 0 radical (unpaired) electrons. The van der Waals surface area contributed by atoms with Crippen molar-refractivity contribution in [1.29, 1.82) is 0 Å². The lowest BCUT2D eigenvalue weighted by Crippen LogP contribution is -2.39. The number of anilines is 1. The molecule has 1 aromatic carbocycles. The molecule has 4 nitrogen and oxygen atoms in total. The van der Waals surface area contributed by atoms with E-state index in [2.05, 4.69) is 12.2 Å². The van der Waals surface area contributed by atoms with Crippen LogP contribution in [0.2, 0.25) is 0 Å². The number of likely N-dealkylation sites (N-methyl/N-ethyl adjacent to an activating group) is 1. The van der Waals surface area contributed by atoms with Gasteiger partial charge in [0.15, 0.2) is 0 Å². The fourth-order valence-corrected chi connectivity index (χ4v) is 3.04. The highest BCUT2D eigenvalue weighted by molar-refractivity contribution is 5.88. The van der Waals surface area contributed by atoms with Gasteiger partial charge in [-0.05, 0) is 37.5 Å². The normalized spacial score (nSPS) is 15.0. The van der Waals surface area contributed by atoms with Gasteiger partial charge in [-0.25, -0.2) is 0 Å². The van der Waals surface area contributed by atoms with Crippen molar-refractivity contribution in [2.45, 2.75) is 52.0 Å². The smallest absolute Gasteiger partial charge is 0.227 e. The lowest BCUT2D eigenvalue weighted by molar-refractivity contribution is -0.132. The van der Waals surface area contributed by atoms with Gasteiger partial charge in [0.05, 0.1) is 6.42 Å². The third kappa shape index (κ3) is 4.31. The number of amides is 2. The Hall–Kier alpha value is -1.84. The summed E-state index contributed by atoms with van der Waals surface area (Å²) in [5, 5.41) is 2.73. The molecule has 21 heavy (non-hydrogen) atoms. The van der Waals surface area contributed by atoms with Crippen LogP contribution in [0.15, 0.2) is 24.3 Å². The lowest BCUT2D eigenvalue weighted by Gasteiger charge is -2.27. The minimum Gasteiger partial charge on any atom is -0.340 e. The molecule has 114 valence electrons. The van der Waals surface area contributed by atoms with E-state index in [1.165, 1.54) is 19.8 Å². The van der Waals surface area contributed by atoms with Crippen molar-refractivity contribution in [3.05, 3.63) is 29.8 Å². The van der Waals surface area contributed by atoms with Gasteiger partial charge in [-0.1, -0.05) is 25.0 Å². The second-order valence-corrected chi connectivity index (χ2v) is 5.67. The molecule has 1 N–H and O–H groups in total. The zero-order chi connectivity index (χ0) is 15.2. The third-order valence-electron chi connectivity index (χ3n) is 4.06. The highest BCUT2D eigenvalue weighted by Crippen LogP contribution is 2.24. The van der Waals surface area contributed by atoms with Crippen molar-refractivity contribution >= 4 is 17.5 Å². The molecule has 2 amide bonds. The van der Waals surface area contributed by atoms with Crippen molar-refractivity contribution in [3.8, 4) is 0 Å². The Kier molecular flexibility index (Phi) is 5.37. The summed E-state index contributed by atoms with van der Waals surface area (Å²) in [6.07, 6.45) is 5.19. The quantitative estimate of drug-likeness (QED) is 0.905. The molecular formula is C17H24N2O2. The second kappa shape index (κ2) is 7.25. The van der Waals surface area contributed by atoms with Crippen LogP contribution in [0.25, 0.3) is 0 Å². The molecule has 0 heterocycles. The van der Waals surface area contributed by atoms with Gasteiger partial charge in [0, 0.05) is 25.2 Å². The fraction of sp³-hybridized carbons (Fsp3) is 0.529. The van der Waals surface area contributed by atoms with Crippen LogP contribution in [-0.4, -0.2) is 29.3 Å². The van der Waals surface area contributed by atoms with Gasteiger partial charge in [-0.3, -0.25) is 9.59 Å². The van der Waals surface area contributed by atoms with Gasteiger partial charge in [-0.2, -0.15) is 0 Å². The topological polar surface area (TPSA) is 49.4 Å². The van der Waals surface area contributed by atoms with E-state index in [0.717, 1.165) is 30.6 Å². The lowest BCUT2D eigenvalue weighted by atomic mass is 10.1. The zero-order valence-corrected chi connectivity index (χ0v) is 12.9. The summed E-state index contributed by atoms with van der Waals surface area (Å²) in [6, 6.07) is 7.93. The Morgan fingerprint density at radius 1 is 1.19 bits per heavy atom. The Morgan fingerprint density at radius 3 is 2.33 bits per heavy atom. The summed E-state index contributed by atoms with van der Waals surface area (Å²) in [5.74, 6) is 0.119. The summed E-state index contributed by atoms with van der Waals surface area (Å²) < 4.78 is 0. The van der Waals surface area contributed by atoms with Crippen LogP contribution in [-0.2, 0) is 16.0 Å². The molecule has 0 aliphatic heterocycles. The van der Waals surface area contributed by atoms with E-state index >= 15 is 0 Å². The highest BCUT2D eigenvalue weighted by atomic mass is 16.2. The molecule has 1 aliphatic carbocycles. The molecule has 0 atom stereocenters. The van der Waals surface area contributed by atoms with Crippen molar-refractivity contribution in [2.75, 3.05) is 11.9 Å². The van der Waals surface area contributed by atoms with Crippen molar-refractivity contribution < 1.29 is 9.59 Å². The van der Waals surface area contributed by atoms with Gasteiger partial charge < -0.3 is 10.2 Å². The van der Waals surface area contributed by atoms with Gasteiger partial charge in [-0.15, -0.1) is 0 Å². The first kappa shape index (κ1) is 15.5. The molecule has 0 aromatic heterocycles. The number of nitrogens with zero attached hydrogens (tertiary/aromatic N) is 1. The monoisotopic (exact) mass is 288 g/mol. The van der Waals surface area contributed by atoms with E-state index in [1.807, 2.05) is 29.2 Å². The molecule has 0 bridgehead atoms. The number of rotatable bonds is 5. The molecule has 1 fully saturated rings. The number of hydrogen-bond acceptors (Lipinski definition) is 2. The van der Waals surface area contributed by atoms with Gasteiger partial charge in [0.1, 0.15) is 0 Å². The molecule has 0 saturated heterocycles. The van der Waals surface area contributed by atoms with Crippen LogP contribution in [0.4, 0.5) is 5.69 Å². The first-order chi connectivity index (χ1) is 10.1. The molecule has 1 aromatic rings. The van der Waals surface area contributed by atoms with E-state index in [1.54, 1.807) is 0 Å². The van der Waals surface area contributed by atoms with Gasteiger partial charge in [0.25, 0.3) is 0 Å². The molecule has 0 unspecified atom stereocenters. The minimum absolute atomic E-state index is 0.0859. The maximum absolute atomic E-state index is 12.4. The van der Waals surface area contributed by atoms with E-state index in [9.17, 15) is 9.59 Å². The van der Waals surface area contributed by atoms with Crippen LogP contribution in [0.1, 0.15) is 45.1 Å². The van der Waals surface area contributed by atoms with Crippen LogP contribution in [0, 0.1) is 0 Å². The van der Waals surface area contributed by atoms with Crippen LogP contribution in [0.5, 0.6) is 0 Å². The number of carbonyl (C=O) groups excluding carboxylic acids is 2. The number of carbonyl (C=O) groups is 2. The zero-order valence-electron chi connectivity index (χ0n) is 12.9. The maximum atomic E-state index is 12.4. The van der Waals surface area contributed by atoms with E-state index in [4.69, 9.17) is 0 Å². The molecule has 0 spiro atoms. The SMILES string of the molecule is CCN(C(=O)Cc1ccc(NC(C)=O)cc1)C1CCCC1. The van der Waals surface area contributed by atoms with Gasteiger partial charge >= 0.3 is 0 Å². The van der Waals surface area contributed by atoms with Crippen LogP contribution < -0.4 is 5.32 Å². The Bertz CT molecular complexity index is 490. The summed E-state index contributed by atoms with van der Waals surface area (Å²) in [6.45, 7) is 4.32. The number of hydrogen-bond donors (Lipinski definition) is 1. The average molecular weight is 288 g/mol. The van der Waals surface area contributed by atoms with Crippen molar-refractivity contribution in [3.63, 3.8) is 0 Å². The van der Waals surface area contributed by atoms with Crippen molar-refractivity contribution in [1.82, 2.24) is 4.90 Å². The highest BCUT2D eigenvalue weighted by Gasteiger charge is 2.25. The minimum atomic E-state index is -0.0859. The molecular weight excluding hydrogens is 264 g/mol. The van der Waals surface area contributed by atoms with E-state index in [-0.39, 0.29) is 11.8 Å². The maximum Gasteiger partial charge on any atom is 0.227 e. The Balaban J connectivity index is 1.96. The fourth-order valence-electron chi connectivity index (χ4n) is 3.04. The third-order valence-corrected chi connectivity index (χ3v) is 4.06. The predicted molar refractivity (Wildman–Crippen MR) is 84.1 cm³/mol. The molecule has 2 rings (SSSR count). The molecule has 4 heteroatoms. The summed E-state index contributed by atoms with van der Waals surface area (Å²) >= 11 is 0. The summed E-state index contributed by atoms with van der Waals surface area (Å²) in [4.78, 5) is 25.5. The van der Waals surface area contributed by atoms with Gasteiger partial charge in [0.2, 0.25) is 11.8 Å². The summed E-state index contributed by atoms with van der Waals surface area (Å²) in [7, 11) is 0. The average Bonchev–Trinajstić information content (AvgIpc) is 2.95. The second-order valence-electron chi connectivity index (χ2n) is 5.67. The standard InChI is InChI=1S/C17H24N2O2/c1-3-19(16-6-4-5-7-16)17(21)12-14-8-10-15(11-9-14)18-13(2)20/h8-11,16H,3-7,12H2,1-2H3,(H,18,20). The van der Waals surface area contributed by atoms with E-state index in [0.29, 0.717) is 12.5 Å². The number of benzene rings is 1. The van der Waals surface area contributed by atoms with Crippen LogP contribution >= 0.6 is 0 Å². The first-order valence-electron chi connectivity index (χ1n) is 7.76.